The third kappa shape index (κ3) is 2.81. The molecule has 1 saturated heterocycles. The first-order chi connectivity index (χ1) is 7.99. The molecule has 0 aromatic carbocycles. The van der Waals surface area contributed by atoms with E-state index >= 15 is 0 Å². The molecular weight excluding hydrogens is 262 g/mol. The summed E-state index contributed by atoms with van der Waals surface area (Å²) in [5, 5.41) is 3.03. The van der Waals surface area contributed by atoms with Gasteiger partial charge in [-0.1, -0.05) is 11.6 Å². The van der Waals surface area contributed by atoms with Crippen LogP contribution in [0.1, 0.15) is 12.8 Å². The molecule has 0 spiro atoms. The van der Waals surface area contributed by atoms with Crippen molar-refractivity contribution in [1.82, 2.24) is 4.98 Å². The minimum atomic E-state index is -2.94. The van der Waals surface area contributed by atoms with Crippen LogP contribution in [0, 0.1) is 0 Å². The zero-order valence-corrected chi connectivity index (χ0v) is 10.8. The second-order valence-corrected chi connectivity index (χ2v) is 6.92. The molecule has 1 fully saturated rings. The van der Waals surface area contributed by atoms with E-state index < -0.39 is 9.84 Å². The molecule has 3 N–H and O–H groups in total. The van der Waals surface area contributed by atoms with Gasteiger partial charge in [0.05, 0.1) is 27.9 Å². The topological polar surface area (TPSA) is 85.1 Å². The highest BCUT2D eigenvalue weighted by Crippen LogP contribution is 2.24. The lowest BCUT2D eigenvalue weighted by atomic mass is 10.2. The third-order valence-corrected chi connectivity index (χ3v) is 5.39. The summed E-state index contributed by atoms with van der Waals surface area (Å²) in [5.74, 6) is 0.755. The Hall–Kier alpha value is -1.01. The highest BCUT2D eigenvalue weighted by molar-refractivity contribution is 7.92. The van der Waals surface area contributed by atoms with Gasteiger partial charge in [-0.3, -0.25) is 0 Å². The Labute approximate surface area is 105 Å². The normalized spacial score (nSPS) is 22.5. The van der Waals surface area contributed by atoms with Crippen LogP contribution < -0.4 is 11.1 Å². The van der Waals surface area contributed by atoms with E-state index in [1.165, 1.54) is 6.20 Å². The molecule has 2 rings (SSSR count). The molecule has 0 radical (unpaired) electrons. The molecule has 17 heavy (non-hydrogen) atoms. The van der Waals surface area contributed by atoms with Gasteiger partial charge in [0.2, 0.25) is 0 Å². The standard InChI is InChI=1S/C10H14ClN3O2S/c11-9-4-7(12)5-13-10(9)14-6-8-2-1-3-17(8,15)16/h4-5,8H,1-3,6,12H2,(H,13,14). The maximum absolute atomic E-state index is 11.6. The van der Waals surface area contributed by atoms with Gasteiger partial charge in [-0.2, -0.15) is 0 Å². The van der Waals surface area contributed by atoms with Crippen LogP contribution in [0.15, 0.2) is 12.3 Å². The largest absolute Gasteiger partial charge is 0.397 e. The van der Waals surface area contributed by atoms with E-state index in [-0.39, 0.29) is 11.0 Å². The predicted octanol–water partition coefficient (Wildman–Crippen LogP) is 1.31. The fourth-order valence-corrected chi connectivity index (χ4v) is 3.89. The van der Waals surface area contributed by atoms with Crippen LogP contribution in [-0.4, -0.2) is 30.9 Å². The van der Waals surface area contributed by atoms with Crippen LogP contribution in [0.2, 0.25) is 5.02 Å². The monoisotopic (exact) mass is 275 g/mol. The van der Waals surface area contributed by atoms with Crippen molar-refractivity contribution in [3.63, 3.8) is 0 Å². The minimum Gasteiger partial charge on any atom is -0.397 e. The highest BCUT2D eigenvalue weighted by Gasteiger charge is 2.30. The van der Waals surface area contributed by atoms with Crippen molar-refractivity contribution >= 4 is 32.9 Å². The third-order valence-electron chi connectivity index (χ3n) is 2.82. The van der Waals surface area contributed by atoms with E-state index in [4.69, 9.17) is 17.3 Å². The number of hydrogen-bond acceptors (Lipinski definition) is 5. The summed E-state index contributed by atoms with van der Waals surface area (Å²) in [6, 6.07) is 1.58. The smallest absolute Gasteiger partial charge is 0.154 e. The van der Waals surface area contributed by atoms with Crippen molar-refractivity contribution < 1.29 is 8.42 Å². The van der Waals surface area contributed by atoms with Crippen molar-refractivity contribution in [2.24, 2.45) is 0 Å². The number of nitrogens with two attached hydrogens (primary N) is 1. The average molecular weight is 276 g/mol. The van der Waals surface area contributed by atoms with Gasteiger partial charge in [-0.25, -0.2) is 13.4 Å². The molecule has 0 amide bonds. The second kappa shape index (κ2) is 4.70. The van der Waals surface area contributed by atoms with Crippen LogP contribution in [0.4, 0.5) is 11.5 Å². The number of aromatic nitrogens is 1. The number of anilines is 2. The van der Waals surface area contributed by atoms with Crippen LogP contribution >= 0.6 is 11.6 Å². The fourth-order valence-electron chi connectivity index (χ4n) is 1.88. The Bertz CT molecular complexity index is 518. The van der Waals surface area contributed by atoms with Crippen molar-refractivity contribution in [1.29, 1.82) is 0 Å². The summed E-state index contributed by atoms with van der Waals surface area (Å²) in [5.41, 5.74) is 6.00. The molecule has 1 aliphatic rings. The van der Waals surface area contributed by atoms with E-state index in [0.717, 1.165) is 6.42 Å². The maximum Gasteiger partial charge on any atom is 0.154 e. The van der Waals surface area contributed by atoms with E-state index in [0.29, 0.717) is 29.5 Å². The number of nitrogens with one attached hydrogen (secondary N) is 1. The second-order valence-electron chi connectivity index (χ2n) is 4.11. The number of pyridine rings is 1. The first-order valence-electron chi connectivity index (χ1n) is 5.35. The molecule has 5 nitrogen and oxygen atoms in total. The first-order valence-corrected chi connectivity index (χ1v) is 7.45. The number of halogens is 1. The molecule has 1 unspecified atom stereocenters. The Kier molecular flexibility index (Phi) is 3.44. The first kappa shape index (κ1) is 12.4. The van der Waals surface area contributed by atoms with Crippen LogP contribution in [-0.2, 0) is 9.84 Å². The maximum atomic E-state index is 11.6. The van der Waals surface area contributed by atoms with E-state index in [2.05, 4.69) is 10.3 Å². The van der Waals surface area contributed by atoms with Gasteiger partial charge in [0, 0.05) is 6.54 Å². The SMILES string of the molecule is Nc1cnc(NCC2CCCS2(=O)=O)c(Cl)c1. The van der Waals surface area contributed by atoms with Crippen LogP contribution in [0.3, 0.4) is 0 Å². The molecular formula is C10H14ClN3O2S. The van der Waals surface area contributed by atoms with Gasteiger partial charge < -0.3 is 11.1 Å². The van der Waals surface area contributed by atoms with Gasteiger partial charge >= 0.3 is 0 Å². The predicted molar refractivity (Wildman–Crippen MR) is 69.0 cm³/mol. The Morgan fingerprint density at radius 1 is 1.59 bits per heavy atom. The fraction of sp³-hybridized carbons (Fsp3) is 0.500. The van der Waals surface area contributed by atoms with Gasteiger partial charge in [-0.15, -0.1) is 0 Å². The quantitative estimate of drug-likeness (QED) is 0.869. The van der Waals surface area contributed by atoms with Crippen LogP contribution in [0.5, 0.6) is 0 Å². The Morgan fingerprint density at radius 3 is 2.94 bits per heavy atom. The van der Waals surface area contributed by atoms with Crippen molar-refractivity contribution in [2.75, 3.05) is 23.3 Å². The molecule has 94 valence electrons. The molecule has 0 bridgehead atoms. The molecule has 1 aliphatic heterocycles. The highest BCUT2D eigenvalue weighted by atomic mass is 35.5. The lowest BCUT2D eigenvalue weighted by Gasteiger charge is -2.12. The summed E-state index contributed by atoms with van der Waals surface area (Å²) in [6.45, 7) is 0.346. The number of hydrogen-bond donors (Lipinski definition) is 2. The Balaban J connectivity index is 2.03. The van der Waals surface area contributed by atoms with Crippen molar-refractivity contribution in [3.8, 4) is 0 Å². The summed E-state index contributed by atoms with van der Waals surface area (Å²) in [4.78, 5) is 4.02. The average Bonchev–Trinajstić information content (AvgIpc) is 2.57. The minimum absolute atomic E-state index is 0.280. The zero-order chi connectivity index (χ0) is 12.5. The summed E-state index contributed by atoms with van der Waals surface area (Å²) in [6.07, 6.45) is 2.91. The molecule has 1 aromatic rings. The molecule has 0 aliphatic carbocycles. The number of nitrogen functional groups attached to an aromatic ring is 1. The number of rotatable bonds is 3. The summed E-state index contributed by atoms with van der Waals surface area (Å²) >= 11 is 5.93. The van der Waals surface area contributed by atoms with Gasteiger partial charge in [0.1, 0.15) is 5.82 Å². The molecule has 0 saturated carbocycles. The summed E-state index contributed by atoms with van der Waals surface area (Å²) in [7, 11) is -2.94. The molecule has 1 aromatic heterocycles. The lowest BCUT2D eigenvalue weighted by molar-refractivity contribution is 0.591. The van der Waals surface area contributed by atoms with Crippen LogP contribution in [0.25, 0.3) is 0 Å². The lowest BCUT2D eigenvalue weighted by Crippen LogP contribution is -2.25. The molecule has 7 heteroatoms. The molecule has 1 atom stereocenters. The van der Waals surface area contributed by atoms with Gasteiger partial charge in [0.15, 0.2) is 9.84 Å². The number of nitrogens with zero attached hydrogens (tertiary/aromatic N) is 1. The van der Waals surface area contributed by atoms with Crippen molar-refractivity contribution in [3.05, 3.63) is 17.3 Å². The summed E-state index contributed by atoms with van der Waals surface area (Å²) < 4.78 is 23.2. The number of sulfone groups is 1. The van der Waals surface area contributed by atoms with Gasteiger partial charge in [-0.05, 0) is 18.9 Å². The van der Waals surface area contributed by atoms with Crippen molar-refractivity contribution in [2.45, 2.75) is 18.1 Å². The van der Waals surface area contributed by atoms with Gasteiger partial charge in [0.25, 0.3) is 0 Å². The van der Waals surface area contributed by atoms with E-state index in [9.17, 15) is 8.42 Å². The van der Waals surface area contributed by atoms with E-state index in [1.54, 1.807) is 6.07 Å². The Morgan fingerprint density at radius 2 is 2.35 bits per heavy atom. The van der Waals surface area contributed by atoms with E-state index in [1.807, 2.05) is 0 Å². The zero-order valence-electron chi connectivity index (χ0n) is 9.19. The molecule has 2 heterocycles.